The van der Waals surface area contributed by atoms with Gasteiger partial charge in [0.05, 0.1) is 0 Å². The largest absolute Gasteiger partial charge is 0.177 e. The number of rotatable bonds is 4. The van der Waals surface area contributed by atoms with Crippen LogP contribution >= 0.6 is 0 Å². The lowest BCUT2D eigenvalue weighted by Gasteiger charge is -2.39. The van der Waals surface area contributed by atoms with Gasteiger partial charge in [-0.05, 0) is 37.5 Å². The van der Waals surface area contributed by atoms with Crippen molar-refractivity contribution >= 4 is 6.71 Å². The molecule has 0 N–H and O–H groups in total. The predicted molar refractivity (Wildman–Crippen MR) is 97.6 cm³/mol. The Balaban J connectivity index is 1.65. The third-order valence-electron chi connectivity index (χ3n) is 7.79. The number of fused-ring (bicyclic) bond motifs is 2. The van der Waals surface area contributed by atoms with E-state index in [1.54, 1.807) is 38.5 Å². The maximum atomic E-state index is 2.45. The molecule has 4 aliphatic carbocycles. The number of hydrogen-bond acceptors (Lipinski definition) is 0. The third kappa shape index (κ3) is 2.71. The Morgan fingerprint density at radius 3 is 1.82 bits per heavy atom. The van der Waals surface area contributed by atoms with Crippen molar-refractivity contribution in [3.63, 3.8) is 0 Å². The van der Waals surface area contributed by atoms with Gasteiger partial charge in [-0.3, -0.25) is 0 Å². The maximum absolute atomic E-state index is 2.45. The van der Waals surface area contributed by atoms with Gasteiger partial charge in [-0.15, -0.1) is 0 Å². The van der Waals surface area contributed by atoms with Crippen molar-refractivity contribution in [2.24, 2.45) is 11.8 Å². The zero-order chi connectivity index (χ0) is 14.9. The van der Waals surface area contributed by atoms with Gasteiger partial charge in [-0.2, -0.15) is 0 Å². The summed E-state index contributed by atoms with van der Waals surface area (Å²) in [6.07, 6.45) is 21.3. The van der Waals surface area contributed by atoms with E-state index in [2.05, 4.69) is 12.4 Å². The molecule has 0 heterocycles. The van der Waals surface area contributed by atoms with E-state index < -0.39 is 0 Å². The fourth-order valence-corrected chi connectivity index (χ4v) is 6.94. The molecule has 0 radical (unpaired) electrons. The standard InChI is InChI=1S/C21H35B/c1-2-20-16-13-14-17(15-16)21(20)22(18-9-5-3-6-10-18)19-11-7-4-8-12-19/h16-19H,2-15H2,1H3. The zero-order valence-corrected chi connectivity index (χ0v) is 14.8. The summed E-state index contributed by atoms with van der Waals surface area (Å²) in [6, 6.07) is 0. The highest BCUT2D eigenvalue weighted by Gasteiger charge is 2.46. The van der Waals surface area contributed by atoms with Crippen LogP contribution < -0.4 is 0 Å². The van der Waals surface area contributed by atoms with Crippen LogP contribution in [0.1, 0.15) is 96.8 Å². The van der Waals surface area contributed by atoms with Crippen LogP contribution in [0.5, 0.6) is 0 Å². The molecule has 2 atom stereocenters. The first-order valence-corrected chi connectivity index (χ1v) is 10.6. The topological polar surface area (TPSA) is 0 Å². The molecule has 2 bridgehead atoms. The molecular formula is C21H35B. The lowest BCUT2D eigenvalue weighted by Crippen LogP contribution is -2.35. The van der Waals surface area contributed by atoms with Crippen LogP contribution in [-0.4, -0.2) is 6.71 Å². The van der Waals surface area contributed by atoms with Crippen LogP contribution in [0.25, 0.3) is 0 Å². The van der Waals surface area contributed by atoms with E-state index in [1.165, 1.54) is 51.4 Å². The van der Waals surface area contributed by atoms with E-state index >= 15 is 0 Å². The van der Waals surface area contributed by atoms with E-state index in [0.717, 1.165) is 30.2 Å². The van der Waals surface area contributed by atoms with Crippen molar-refractivity contribution in [3.05, 3.63) is 11.0 Å². The van der Waals surface area contributed by atoms with Gasteiger partial charge in [-0.1, -0.05) is 93.8 Å². The third-order valence-corrected chi connectivity index (χ3v) is 7.79. The first-order chi connectivity index (χ1) is 10.9. The van der Waals surface area contributed by atoms with Gasteiger partial charge >= 0.3 is 0 Å². The van der Waals surface area contributed by atoms with Gasteiger partial charge in [0, 0.05) is 0 Å². The first-order valence-electron chi connectivity index (χ1n) is 10.6. The van der Waals surface area contributed by atoms with Gasteiger partial charge in [-0.25, -0.2) is 0 Å². The van der Waals surface area contributed by atoms with Crippen molar-refractivity contribution in [1.29, 1.82) is 0 Å². The van der Waals surface area contributed by atoms with Gasteiger partial charge < -0.3 is 0 Å². The Labute approximate surface area is 138 Å². The van der Waals surface area contributed by atoms with Crippen LogP contribution in [0.15, 0.2) is 11.0 Å². The fourth-order valence-electron chi connectivity index (χ4n) is 6.94. The minimum Gasteiger partial charge on any atom is -0.0980 e. The summed E-state index contributed by atoms with van der Waals surface area (Å²) in [7, 11) is 0. The lowest BCUT2D eigenvalue weighted by atomic mass is 9.25. The van der Waals surface area contributed by atoms with Crippen molar-refractivity contribution < 1.29 is 0 Å². The molecule has 3 fully saturated rings. The second-order valence-corrected chi connectivity index (χ2v) is 8.86. The second-order valence-electron chi connectivity index (χ2n) is 8.86. The lowest BCUT2D eigenvalue weighted by molar-refractivity contribution is 0.460. The summed E-state index contributed by atoms with van der Waals surface area (Å²) in [4.78, 5) is 0. The smallest absolute Gasteiger partial charge is 0.0980 e. The molecule has 122 valence electrons. The Morgan fingerprint density at radius 1 is 0.727 bits per heavy atom. The Kier molecular flexibility index (Phi) is 4.70. The van der Waals surface area contributed by atoms with Crippen LogP contribution in [0.2, 0.25) is 11.6 Å². The zero-order valence-electron chi connectivity index (χ0n) is 14.8. The predicted octanol–water partition coefficient (Wildman–Crippen LogP) is 6.83. The molecule has 0 saturated heterocycles. The molecule has 1 heteroatoms. The van der Waals surface area contributed by atoms with Crippen LogP contribution in [0.3, 0.4) is 0 Å². The first kappa shape index (κ1) is 15.3. The normalized spacial score (nSPS) is 33.7. The van der Waals surface area contributed by atoms with Crippen LogP contribution in [0.4, 0.5) is 0 Å². The summed E-state index contributed by atoms with van der Waals surface area (Å²) in [6.45, 7) is 3.47. The maximum Gasteiger partial charge on any atom is 0.177 e. The highest BCUT2D eigenvalue weighted by molar-refractivity contribution is 6.70. The Morgan fingerprint density at radius 2 is 1.27 bits per heavy atom. The quantitative estimate of drug-likeness (QED) is 0.499. The number of hydrogen-bond donors (Lipinski definition) is 0. The molecule has 0 aromatic heterocycles. The van der Waals surface area contributed by atoms with E-state index in [-0.39, 0.29) is 0 Å². The van der Waals surface area contributed by atoms with E-state index in [9.17, 15) is 0 Å². The summed E-state index contributed by atoms with van der Waals surface area (Å²) >= 11 is 0. The molecule has 0 aromatic rings. The van der Waals surface area contributed by atoms with Crippen LogP contribution in [-0.2, 0) is 0 Å². The molecule has 0 spiro atoms. The second kappa shape index (κ2) is 6.74. The van der Waals surface area contributed by atoms with Gasteiger partial charge in [0.2, 0.25) is 0 Å². The average Bonchev–Trinajstić information content (AvgIpc) is 3.18. The molecule has 0 amide bonds. The van der Waals surface area contributed by atoms with Gasteiger partial charge in [0.1, 0.15) is 0 Å². The van der Waals surface area contributed by atoms with Gasteiger partial charge in [0.15, 0.2) is 6.71 Å². The Hall–Kier alpha value is -0.195. The summed E-state index contributed by atoms with van der Waals surface area (Å²) < 4.78 is 0. The van der Waals surface area contributed by atoms with E-state index in [1.807, 2.05) is 5.57 Å². The monoisotopic (exact) mass is 298 g/mol. The fraction of sp³-hybridized carbons (Fsp3) is 0.905. The van der Waals surface area contributed by atoms with Crippen LogP contribution in [0, 0.1) is 11.8 Å². The molecule has 0 aliphatic heterocycles. The molecule has 4 rings (SSSR count). The molecule has 2 unspecified atom stereocenters. The van der Waals surface area contributed by atoms with Crippen molar-refractivity contribution in [3.8, 4) is 0 Å². The minimum atomic E-state index is 1.01. The van der Waals surface area contributed by atoms with Crippen molar-refractivity contribution in [2.45, 2.75) is 108 Å². The van der Waals surface area contributed by atoms with Crippen molar-refractivity contribution in [2.75, 3.05) is 0 Å². The van der Waals surface area contributed by atoms with E-state index in [0.29, 0.717) is 0 Å². The van der Waals surface area contributed by atoms with Gasteiger partial charge in [0.25, 0.3) is 0 Å². The Bertz CT molecular complexity index is 394. The molecule has 4 aliphatic rings. The molecule has 22 heavy (non-hydrogen) atoms. The van der Waals surface area contributed by atoms with Crippen molar-refractivity contribution in [1.82, 2.24) is 0 Å². The minimum absolute atomic E-state index is 1.01. The SMILES string of the molecule is CCC1=C(B(C2CCCCC2)C2CCCCC2)C2CCC1C2. The molecule has 0 aromatic carbocycles. The summed E-state index contributed by atoms with van der Waals surface area (Å²) in [5.74, 6) is 4.16. The van der Waals surface area contributed by atoms with E-state index in [4.69, 9.17) is 0 Å². The summed E-state index contributed by atoms with van der Waals surface area (Å²) in [5, 5.41) is 0. The number of allylic oxidation sites excluding steroid dienone is 2. The highest BCUT2D eigenvalue weighted by atomic mass is 14.4. The molecule has 0 nitrogen and oxygen atoms in total. The molecular weight excluding hydrogens is 263 g/mol. The average molecular weight is 298 g/mol. The summed E-state index contributed by atoms with van der Waals surface area (Å²) in [5.41, 5.74) is 4.04. The molecule has 3 saturated carbocycles. The highest BCUT2D eigenvalue weighted by Crippen LogP contribution is 2.55.